The molecule has 0 aromatic heterocycles. The van der Waals surface area contributed by atoms with Gasteiger partial charge in [-0.15, -0.1) is 0 Å². The number of unbranched alkanes of at least 4 members (excludes halogenated alkanes) is 2. The van der Waals surface area contributed by atoms with Crippen LogP contribution in [0.25, 0.3) is 0 Å². The van der Waals surface area contributed by atoms with Crippen LogP contribution in [0.3, 0.4) is 0 Å². The molecule has 0 aromatic rings. The van der Waals surface area contributed by atoms with Gasteiger partial charge in [0.25, 0.3) is 0 Å². The lowest BCUT2D eigenvalue weighted by Gasteiger charge is -2.06. The van der Waals surface area contributed by atoms with Crippen molar-refractivity contribution in [1.82, 2.24) is 0 Å². The Hall–Kier alpha value is -1.17. The molecule has 20 heavy (non-hydrogen) atoms. The maximum Gasteiger partial charge on any atom is 0.333 e. The van der Waals surface area contributed by atoms with E-state index in [0.29, 0.717) is 24.8 Å². The van der Waals surface area contributed by atoms with Crippen molar-refractivity contribution in [2.45, 2.75) is 32.6 Å². The van der Waals surface area contributed by atoms with Gasteiger partial charge in [-0.25, -0.2) is 4.79 Å². The van der Waals surface area contributed by atoms with E-state index in [1.165, 1.54) is 6.92 Å². The summed E-state index contributed by atoms with van der Waals surface area (Å²) >= 11 is 0. The summed E-state index contributed by atoms with van der Waals surface area (Å²) in [5.41, 5.74) is 0.295. The van der Waals surface area contributed by atoms with E-state index < -0.39 is 14.2 Å². The summed E-state index contributed by atoms with van der Waals surface area (Å²) in [5.74, 6) is -0.878. The lowest BCUT2D eigenvalue weighted by molar-refractivity contribution is -0.150. The van der Waals surface area contributed by atoms with Gasteiger partial charge in [-0.2, -0.15) is 0 Å². The summed E-state index contributed by atoms with van der Waals surface area (Å²) in [6.45, 7) is 5.19. The molecule has 7 nitrogen and oxygen atoms in total. The summed E-state index contributed by atoms with van der Waals surface area (Å²) in [6.07, 6.45) is 2.18. The number of carbonyl (C=O) groups excluding carboxylic acids is 2. The standard InChI is InChI=1S/C12H21O7P/c1-10(2)12(14)18-9-8-17-11(13)6-4-3-5-7-19-20(15)16/h20H,1,3-9H2,2H3,(H,15,16). The van der Waals surface area contributed by atoms with Gasteiger partial charge in [0.1, 0.15) is 13.2 Å². The first kappa shape index (κ1) is 18.8. The van der Waals surface area contributed by atoms with E-state index in [4.69, 9.17) is 14.4 Å². The predicted molar refractivity (Wildman–Crippen MR) is 72.4 cm³/mol. The Balaban J connectivity index is 3.39. The second kappa shape index (κ2) is 11.6. The van der Waals surface area contributed by atoms with E-state index in [2.05, 4.69) is 11.1 Å². The highest BCUT2D eigenvalue weighted by Gasteiger charge is 2.05. The third kappa shape index (κ3) is 11.9. The van der Waals surface area contributed by atoms with Gasteiger partial charge in [0.15, 0.2) is 0 Å². The average Bonchev–Trinajstić information content (AvgIpc) is 2.37. The number of rotatable bonds is 11. The van der Waals surface area contributed by atoms with E-state index in [-0.39, 0.29) is 32.2 Å². The van der Waals surface area contributed by atoms with Crippen molar-refractivity contribution in [1.29, 1.82) is 0 Å². The van der Waals surface area contributed by atoms with Crippen LogP contribution in [-0.4, -0.2) is 36.7 Å². The quantitative estimate of drug-likeness (QED) is 0.268. The molecule has 0 amide bonds. The minimum Gasteiger partial charge on any atom is -0.462 e. The molecule has 0 aliphatic carbocycles. The van der Waals surface area contributed by atoms with E-state index in [1.54, 1.807) is 0 Å². The van der Waals surface area contributed by atoms with Crippen LogP contribution in [0.15, 0.2) is 12.2 Å². The lowest BCUT2D eigenvalue weighted by atomic mass is 10.2. The highest BCUT2D eigenvalue weighted by atomic mass is 31.1. The average molecular weight is 308 g/mol. The van der Waals surface area contributed by atoms with Gasteiger partial charge in [0.05, 0.1) is 6.61 Å². The summed E-state index contributed by atoms with van der Waals surface area (Å²) < 4.78 is 24.3. The number of hydrogen-bond acceptors (Lipinski definition) is 6. The predicted octanol–water partition coefficient (Wildman–Crippen LogP) is 1.61. The molecule has 0 radical (unpaired) electrons. The molecule has 0 aromatic carbocycles. The minimum absolute atomic E-state index is 0.00998. The largest absolute Gasteiger partial charge is 0.462 e. The first-order valence-corrected chi connectivity index (χ1v) is 7.54. The molecule has 8 heteroatoms. The van der Waals surface area contributed by atoms with Gasteiger partial charge >= 0.3 is 20.2 Å². The molecule has 1 unspecified atom stereocenters. The number of ether oxygens (including phenoxy) is 2. The monoisotopic (exact) mass is 308 g/mol. The fourth-order valence-electron chi connectivity index (χ4n) is 1.19. The number of carbonyl (C=O) groups is 2. The van der Waals surface area contributed by atoms with Gasteiger partial charge in [0.2, 0.25) is 0 Å². The Morgan fingerprint density at radius 1 is 1.10 bits per heavy atom. The molecule has 0 bridgehead atoms. The van der Waals surface area contributed by atoms with Crippen molar-refractivity contribution < 1.29 is 33.0 Å². The summed E-state index contributed by atoms with van der Waals surface area (Å²) in [5, 5.41) is 0. The molecule has 0 aliphatic rings. The van der Waals surface area contributed by atoms with Crippen molar-refractivity contribution in [3.8, 4) is 0 Å². The van der Waals surface area contributed by atoms with E-state index in [9.17, 15) is 14.2 Å². The molecule has 0 rings (SSSR count). The molecule has 1 N–H and O–H groups in total. The van der Waals surface area contributed by atoms with Crippen LogP contribution in [0, 0.1) is 0 Å². The fourth-order valence-corrected chi connectivity index (χ4v) is 1.51. The normalized spacial score (nSPS) is 11.7. The first-order chi connectivity index (χ1) is 9.43. The SMILES string of the molecule is C=C(C)C(=O)OCCOC(=O)CCCCCO[PH](=O)O. The molecule has 0 fully saturated rings. The van der Waals surface area contributed by atoms with Crippen LogP contribution in [0.5, 0.6) is 0 Å². The molecule has 0 saturated carbocycles. The van der Waals surface area contributed by atoms with Gasteiger partial charge in [-0.1, -0.05) is 13.0 Å². The van der Waals surface area contributed by atoms with Crippen LogP contribution in [0.2, 0.25) is 0 Å². The van der Waals surface area contributed by atoms with Crippen LogP contribution >= 0.6 is 8.25 Å². The Morgan fingerprint density at radius 2 is 1.75 bits per heavy atom. The van der Waals surface area contributed by atoms with Crippen molar-refractivity contribution in [2.75, 3.05) is 19.8 Å². The maximum atomic E-state index is 11.3. The Morgan fingerprint density at radius 3 is 2.35 bits per heavy atom. The highest BCUT2D eigenvalue weighted by molar-refractivity contribution is 7.32. The Kier molecular flexibility index (Phi) is 11.0. The summed E-state index contributed by atoms with van der Waals surface area (Å²) in [6, 6.07) is 0. The van der Waals surface area contributed by atoms with Crippen LogP contribution in [-0.2, 0) is 28.2 Å². The molecule has 0 spiro atoms. The van der Waals surface area contributed by atoms with Gasteiger partial charge in [-0.05, 0) is 19.8 Å². The molecule has 1 atom stereocenters. The maximum absolute atomic E-state index is 11.3. The first-order valence-electron chi connectivity index (χ1n) is 6.27. The molecular formula is C12H21O7P. The van der Waals surface area contributed by atoms with Gasteiger partial charge in [0, 0.05) is 12.0 Å². The molecule has 0 aliphatic heterocycles. The topological polar surface area (TPSA) is 99.1 Å². The summed E-state index contributed by atoms with van der Waals surface area (Å²) in [7, 11) is -2.85. The summed E-state index contributed by atoms with van der Waals surface area (Å²) in [4.78, 5) is 30.7. The zero-order valence-electron chi connectivity index (χ0n) is 11.6. The third-order valence-electron chi connectivity index (χ3n) is 2.18. The molecular weight excluding hydrogens is 287 g/mol. The number of esters is 2. The highest BCUT2D eigenvalue weighted by Crippen LogP contribution is 2.15. The van der Waals surface area contributed by atoms with Crippen molar-refractivity contribution in [3.05, 3.63) is 12.2 Å². The van der Waals surface area contributed by atoms with Crippen molar-refractivity contribution in [3.63, 3.8) is 0 Å². The lowest BCUT2D eigenvalue weighted by Crippen LogP contribution is -2.14. The Bertz CT molecular complexity index is 354. The molecule has 116 valence electrons. The van der Waals surface area contributed by atoms with Gasteiger partial charge < -0.3 is 18.9 Å². The van der Waals surface area contributed by atoms with Crippen LogP contribution in [0.1, 0.15) is 32.6 Å². The molecule has 0 saturated heterocycles. The second-order valence-corrected chi connectivity index (χ2v) is 4.88. The zero-order chi connectivity index (χ0) is 15.4. The van der Waals surface area contributed by atoms with Crippen molar-refractivity contribution in [2.24, 2.45) is 0 Å². The molecule has 0 heterocycles. The number of hydrogen-bond donors (Lipinski definition) is 1. The fraction of sp³-hybridized carbons (Fsp3) is 0.667. The van der Waals surface area contributed by atoms with Gasteiger partial charge in [-0.3, -0.25) is 9.36 Å². The smallest absolute Gasteiger partial charge is 0.333 e. The van der Waals surface area contributed by atoms with Crippen LogP contribution in [0.4, 0.5) is 0 Å². The van der Waals surface area contributed by atoms with Crippen LogP contribution < -0.4 is 0 Å². The second-order valence-electron chi connectivity index (χ2n) is 4.06. The van der Waals surface area contributed by atoms with Crippen molar-refractivity contribution >= 4 is 20.2 Å². The van der Waals surface area contributed by atoms with E-state index in [0.717, 1.165) is 0 Å². The third-order valence-corrected chi connectivity index (χ3v) is 2.63. The zero-order valence-corrected chi connectivity index (χ0v) is 12.6. The van der Waals surface area contributed by atoms with E-state index in [1.807, 2.05) is 0 Å². The van der Waals surface area contributed by atoms with E-state index >= 15 is 0 Å². The Labute approximate surface area is 118 Å². The minimum atomic E-state index is -2.85.